The van der Waals surface area contributed by atoms with Crippen molar-refractivity contribution in [2.24, 2.45) is 5.92 Å². The van der Waals surface area contributed by atoms with E-state index in [-0.39, 0.29) is 0 Å². The molecule has 0 aromatic carbocycles. The molecular formula is C16H26N2O. The van der Waals surface area contributed by atoms with E-state index in [2.05, 4.69) is 23.2 Å². The molecule has 1 aromatic rings. The van der Waals surface area contributed by atoms with Gasteiger partial charge in [-0.2, -0.15) is 0 Å². The van der Waals surface area contributed by atoms with Crippen molar-refractivity contribution in [2.45, 2.75) is 58.2 Å². The summed E-state index contributed by atoms with van der Waals surface area (Å²) in [6.45, 7) is 6.33. The molecule has 3 rings (SSSR count). The molecule has 0 bridgehead atoms. The molecule has 0 amide bonds. The smallest absolute Gasteiger partial charge is 0.118 e. The van der Waals surface area contributed by atoms with Gasteiger partial charge in [0, 0.05) is 18.2 Å². The van der Waals surface area contributed by atoms with Crippen LogP contribution in [0.2, 0.25) is 0 Å². The number of hydrogen-bond donors (Lipinski definition) is 1. The first-order valence-electron chi connectivity index (χ1n) is 7.88. The van der Waals surface area contributed by atoms with E-state index >= 15 is 0 Å². The molecule has 106 valence electrons. The van der Waals surface area contributed by atoms with Gasteiger partial charge in [-0.3, -0.25) is 4.90 Å². The second-order valence-electron chi connectivity index (χ2n) is 6.07. The van der Waals surface area contributed by atoms with Crippen molar-refractivity contribution in [1.82, 2.24) is 10.2 Å². The third-order valence-electron chi connectivity index (χ3n) is 4.75. The molecule has 2 heterocycles. The Kier molecular flexibility index (Phi) is 4.24. The molecule has 2 atom stereocenters. The van der Waals surface area contributed by atoms with Crippen LogP contribution in [0.1, 0.15) is 50.4 Å². The maximum absolute atomic E-state index is 5.73. The van der Waals surface area contributed by atoms with Gasteiger partial charge in [0.2, 0.25) is 0 Å². The number of furan rings is 1. The summed E-state index contributed by atoms with van der Waals surface area (Å²) in [5.74, 6) is 2.10. The van der Waals surface area contributed by atoms with Gasteiger partial charge in [0.15, 0.2) is 0 Å². The Morgan fingerprint density at radius 3 is 3.11 bits per heavy atom. The minimum Gasteiger partial charge on any atom is -0.468 e. The molecule has 19 heavy (non-hydrogen) atoms. The molecule has 1 aliphatic heterocycles. The Balaban J connectivity index is 1.59. The highest BCUT2D eigenvalue weighted by Crippen LogP contribution is 2.37. The quantitative estimate of drug-likeness (QED) is 0.883. The van der Waals surface area contributed by atoms with Gasteiger partial charge in [0.1, 0.15) is 5.76 Å². The van der Waals surface area contributed by atoms with Crippen LogP contribution in [0.3, 0.4) is 0 Å². The second kappa shape index (κ2) is 6.10. The molecule has 2 fully saturated rings. The maximum atomic E-state index is 5.73. The fraction of sp³-hybridized carbons (Fsp3) is 0.750. The predicted octanol–water partition coefficient (Wildman–Crippen LogP) is 3.15. The topological polar surface area (TPSA) is 28.4 Å². The van der Waals surface area contributed by atoms with E-state index in [0.29, 0.717) is 0 Å². The minimum atomic E-state index is 0.830. The molecule has 3 nitrogen and oxygen atoms in total. The molecule has 0 spiro atoms. The van der Waals surface area contributed by atoms with Crippen LogP contribution in [0.15, 0.2) is 16.7 Å². The molecular weight excluding hydrogens is 236 g/mol. The summed E-state index contributed by atoms with van der Waals surface area (Å²) in [6, 6.07) is 3.05. The van der Waals surface area contributed by atoms with E-state index in [4.69, 9.17) is 4.42 Å². The van der Waals surface area contributed by atoms with Gasteiger partial charge in [-0.15, -0.1) is 0 Å². The van der Waals surface area contributed by atoms with E-state index in [1.54, 1.807) is 0 Å². The van der Waals surface area contributed by atoms with Crippen LogP contribution in [0, 0.1) is 5.92 Å². The van der Waals surface area contributed by atoms with Crippen molar-refractivity contribution in [3.8, 4) is 0 Å². The molecule has 1 saturated carbocycles. The molecule has 0 radical (unpaired) electrons. The monoisotopic (exact) mass is 262 g/mol. The Bertz CT molecular complexity index is 401. The first kappa shape index (κ1) is 13.2. The summed E-state index contributed by atoms with van der Waals surface area (Å²) in [6.07, 6.45) is 9.00. The molecule has 2 unspecified atom stereocenters. The third-order valence-corrected chi connectivity index (χ3v) is 4.75. The largest absolute Gasteiger partial charge is 0.468 e. The van der Waals surface area contributed by atoms with Crippen molar-refractivity contribution in [3.05, 3.63) is 23.7 Å². The van der Waals surface area contributed by atoms with Crippen LogP contribution >= 0.6 is 0 Å². The molecule has 1 saturated heterocycles. The number of likely N-dealkylation sites (tertiary alicyclic amines) is 1. The SMILES string of the molecule is CCNCc1coc(CN2CCCC3CCCC32)c1. The predicted molar refractivity (Wildman–Crippen MR) is 76.9 cm³/mol. The standard InChI is InChI=1S/C16H26N2O/c1-2-17-10-13-9-15(19-12-13)11-18-8-4-6-14-5-3-7-16(14)18/h9,12,14,16-17H,2-8,10-11H2,1H3. The van der Waals surface area contributed by atoms with Crippen molar-refractivity contribution in [3.63, 3.8) is 0 Å². The molecule has 1 aliphatic carbocycles. The Hall–Kier alpha value is -0.800. The summed E-state index contributed by atoms with van der Waals surface area (Å²) >= 11 is 0. The zero-order valence-corrected chi connectivity index (χ0v) is 12.0. The van der Waals surface area contributed by atoms with Crippen molar-refractivity contribution >= 4 is 0 Å². The average Bonchev–Trinajstić information content (AvgIpc) is 3.05. The lowest BCUT2D eigenvalue weighted by Gasteiger charge is -2.37. The highest BCUT2D eigenvalue weighted by molar-refractivity contribution is 5.13. The first-order chi connectivity index (χ1) is 9.36. The van der Waals surface area contributed by atoms with Crippen molar-refractivity contribution < 1.29 is 4.42 Å². The molecule has 3 heteroatoms. The summed E-state index contributed by atoms with van der Waals surface area (Å²) in [5, 5.41) is 3.34. The first-order valence-corrected chi connectivity index (χ1v) is 7.88. The average molecular weight is 262 g/mol. The maximum Gasteiger partial charge on any atom is 0.118 e. The van der Waals surface area contributed by atoms with Crippen LogP contribution in [0.4, 0.5) is 0 Å². The molecule has 1 N–H and O–H groups in total. The van der Waals surface area contributed by atoms with Gasteiger partial charge in [0.25, 0.3) is 0 Å². The van der Waals surface area contributed by atoms with Crippen LogP contribution in [-0.4, -0.2) is 24.0 Å². The van der Waals surface area contributed by atoms with E-state index in [0.717, 1.165) is 37.4 Å². The lowest BCUT2D eigenvalue weighted by Crippen LogP contribution is -2.41. The lowest BCUT2D eigenvalue weighted by molar-refractivity contribution is 0.0979. The van der Waals surface area contributed by atoms with Gasteiger partial charge in [-0.05, 0) is 50.8 Å². The van der Waals surface area contributed by atoms with Crippen molar-refractivity contribution in [2.75, 3.05) is 13.1 Å². The molecule has 1 aromatic heterocycles. The number of hydrogen-bond acceptors (Lipinski definition) is 3. The van der Waals surface area contributed by atoms with Crippen LogP contribution in [-0.2, 0) is 13.1 Å². The minimum absolute atomic E-state index is 0.830. The number of fused-ring (bicyclic) bond motifs is 1. The van der Waals surface area contributed by atoms with E-state index in [9.17, 15) is 0 Å². The highest BCUT2D eigenvalue weighted by atomic mass is 16.3. The number of nitrogens with one attached hydrogen (secondary N) is 1. The lowest BCUT2D eigenvalue weighted by atomic mass is 9.92. The number of piperidine rings is 1. The van der Waals surface area contributed by atoms with Crippen molar-refractivity contribution in [1.29, 1.82) is 0 Å². The zero-order chi connectivity index (χ0) is 13.1. The van der Waals surface area contributed by atoms with E-state index < -0.39 is 0 Å². The van der Waals surface area contributed by atoms with E-state index in [1.165, 1.54) is 44.2 Å². The van der Waals surface area contributed by atoms with Crippen LogP contribution in [0.5, 0.6) is 0 Å². The van der Waals surface area contributed by atoms with Gasteiger partial charge < -0.3 is 9.73 Å². The summed E-state index contributed by atoms with van der Waals surface area (Å²) < 4.78 is 5.73. The summed E-state index contributed by atoms with van der Waals surface area (Å²) in [5.41, 5.74) is 1.27. The summed E-state index contributed by atoms with van der Waals surface area (Å²) in [4.78, 5) is 2.66. The number of rotatable bonds is 5. The highest BCUT2D eigenvalue weighted by Gasteiger charge is 2.35. The fourth-order valence-corrected chi connectivity index (χ4v) is 3.82. The van der Waals surface area contributed by atoms with E-state index in [1.807, 2.05) is 6.26 Å². The Morgan fingerprint density at radius 2 is 2.21 bits per heavy atom. The van der Waals surface area contributed by atoms with Gasteiger partial charge in [-0.1, -0.05) is 13.3 Å². The second-order valence-corrected chi connectivity index (χ2v) is 6.07. The van der Waals surface area contributed by atoms with Gasteiger partial charge in [0.05, 0.1) is 12.8 Å². The zero-order valence-electron chi connectivity index (χ0n) is 12.0. The number of nitrogens with zero attached hydrogens (tertiary/aromatic N) is 1. The van der Waals surface area contributed by atoms with Gasteiger partial charge in [-0.25, -0.2) is 0 Å². The fourth-order valence-electron chi connectivity index (χ4n) is 3.82. The van der Waals surface area contributed by atoms with Gasteiger partial charge >= 0.3 is 0 Å². The van der Waals surface area contributed by atoms with Crippen LogP contribution < -0.4 is 5.32 Å². The van der Waals surface area contributed by atoms with Crippen LogP contribution in [0.25, 0.3) is 0 Å². The Labute approximate surface area is 116 Å². The summed E-state index contributed by atoms with van der Waals surface area (Å²) in [7, 11) is 0. The molecule has 2 aliphatic rings. The normalized spacial score (nSPS) is 27.6. The Morgan fingerprint density at radius 1 is 1.32 bits per heavy atom. The third kappa shape index (κ3) is 3.03.